The normalized spacial score (nSPS) is 11.5. The van der Waals surface area contributed by atoms with Crippen molar-refractivity contribution in [3.8, 4) is 10.6 Å². The molecule has 172 valence electrons. The summed E-state index contributed by atoms with van der Waals surface area (Å²) >= 11 is 7.35. The number of esters is 1. The van der Waals surface area contributed by atoms with Crippen molar-refractivity contribution in [1.29, 1.82) is 0 Å². The fourth-order valence-corrected chi connectivity index (χ4v) is 3.88. The number of thiazole rings is 1. The topological polar surface area (TPSA) is 109 Å². The summed E-state index contributed by atoms with van der Waals surface area (Å²) < 4.78 is 4.75. The number of benzene rings is 2. The number of nitrogens with zero attached hydrogens (tertiary/aromatic N) is 1. The van der Waals surface area contributed by atoms with Crippen LogP contribution in [-0.2, 0) is 9.53 Å². The third-order valence-corrected chi connectivity index (χ3v) is 5.88. The molecule has 0 aliphatic rings. The minimum absolute atomic E-state index is 0.130. The molecule has 3 N–H and O–H groups in total. The van der Waals surface area contributed by atoms with Gasteiger partial charge in [-0.2, -0.15) is 0 Å². The molecule has 3 aromatic rings. The molecule has 0 bridgehead atoms. The molecule has 0 radical (unpaired) electrons. The first-order valence-corrected chi connectivity index (χ1v) is 11.3. The molecular weight excluding hydrogens is 464 g/mol. The molecule has 8 nitrogen and oxygen atoms in total. The maximum absolute atomic E-state index is 12.5. The Kier molecular flexibility index (Phi) is 8.02. The number of carbonyl (C=O) groups excluding carboxylic acids is 3. The maximum Gasteiger partial charge on any atom is 0.328 e. The van der Waals surface area contributed by atoms with E-state index >= 15 is 0 Å². The summed E-state index contributed by atoms with van der Waals surface area (Å²) in [5.74, 6) is -1.08. The molecule has 1 aromatic heterocycles. The molecule has 0 saturated carbocycles. The van der Waals surface area contributed by atoms with Gasteiger partial charge in [0.05, 0.1) is 17.8 Å². The predicted molar refractivity (Wildman–Crippen MR) is 130 cm³/mol. The van der Waals surface area contributed by atoms with Crippen molar-refractivity contribution >= 4 is 52.2 Å². The first-order chi connectivity index (χ1) is 15.8. The zero-order valence-electron chi connectivity index (χ0n) is 18.2. The van der Waals surface area contributed by atoms with Crippen LogP contribution in [0.2, 0.25) is 5.02 Å². The number of amides is 3. The van der Waals surface area contributed by atoms with Crippen molar-refractivity contribution in [2.24, 2.45) is 5.92 Å². The lowest BCUT2D eigenvalue weighted by Gasteiger charge is -2.19. The Morgan fingerprint density at radius 2 is 1.73 bits per heavy atom. The van der Waals surface area contributed by atoms with E-state index in [1.165, 1.54) is 18.4 Å². The fraction of sp³-hybridized carbons (Fsp3) is 0.217. The van der Waals surface area contributed by atoms with Gasteiger partial charge < -0.3 is 20.7 Å². The Balaban J connectivity index is 1.63. The second-order valence-electron chi connectivity index (χ2n) is 7.39. The summed E-state index contributed by atoms with van der Waals surface area (Å²) in [5.41, 5.74) is 2.08. The minimum atomic E-state index is -0.755. The molecule has 3 rings (SSSR count). The Bertz CT molecular complexity index is 1150. The number of nitrogens with one attached hydrogen (secondary N) is 3. The van der Waals surface area contributed by atoms with Crippen LogP contribution in [-0.4, -0.2) is 36.0 Å². The Morgan fingerprint density at radius 3 is 2.36 bits per heavy atom. The highest BCUT2D eigenvalue weighted by Gasteiger charge is 2.26. The second kappa shape index (κ2) is 10.9. The standard InChI is InChI=1S/C23H23ClN4O4S/c1-13(2)19(22(30)32-3)28-20(29)18-12-33-21(26-18)14-8-10-15(11-9-14)25-23(31)27-17-7-5-4-6-16(17)24/h4-13,19H,1-3H3,(H,28,29)(H2,25,27,31). The van der Waals surface area contributed by atoms with Crippen LogP contribution in [0.5, 0.6) is 0 Å². The zero-order chi connectivity index (χ0) is 24.0. The van der Waals surface area contributed by atoms with Gasteiger partial charge in [-0.1, -0.05) is 37.6 Å². The van der Waals surface area contributed by atoms with Crippen LogP contribution in [0.3, 0.4) is 0 Å². The van der Waals surface area contributed by atoms with Gasteiger partial charge in [0.15, 0.2) is 0 Å². The van der Waals surface area contributed by atoms with E-state index in [4.69, 9.17) is 16.3 Å². The van der Waals surface area contributed by atoms with Crippen molar-refractivity contribution in [2.45, 2.75) is 19.9 Å². The van der Waals surface area contributed by atoms with Crippen LogP contribution < -0.4 is 16.0 Å². The molecule has 0 saturated heterocycles. The smallest absolute Gasteiger partial charge is 0.328 e. The number of carbonyl (C=O) groups is 3. The number of methoxy groups -OCH3 is 1. The van der Waals surface area contributed by atoms with E-state index in [2.05, 4.69) is 20.9 Å². The van der Waals surface area contributed by atoms with Crippen LogP contribution >= 0.6 is 22.9 Å². The first kappa shape index (κ1) is 24.2. The molecule has 1 unspecified atom stereocenters. The number of para-hydroxylation sites is 1. The van der Waals surface area contributed by atoms with Crippen molar-refractivity contribution < 1.29 is 19.1 Å². The molecule has 3 amide bonds. The van der Waals surface area contributed by atoms with Gasteiger partial charge in [0.2, 0.25) is 0 Å². The summed E-state index contributed by atoms with van der Waals surface area (Å²) in [6, 6.07) is 12.8. The van der Waals surface area contributed by atoms with Crippen molar-refractivity contribution in [3.05, 3.63) is 64.6 Å². The molecule has 2 aromatic carbocycles. The van der Waals surface area contributed by atoms with E-state index in [-0.39, 0.29) is 11.6 Å². The Labute approximate surface area is 200 Å². The molecule has 10 heteroatoms. The van der Waals surface area contributed by atoms with Gasteiger partial charge in [-0.05, 0) is 42.3 Å². The Hall–Kier alpha value is -3.43. The quantitative estimate of drug-likeness (QED) is 0.405. The van der Waals surface area contributed by atoms with Gasteiger partial charge in [-0.25, -0.2) is 14.6 Å². The number of hydrogen-bond donors (Lipinski definition) is 3. The van der Waals surface area contributed by atoms with E-state index in [9.17, 15) is 14.4 Å². The lowest BCUT2D eigenvalue weighted by molar-refractivity contribution is -0.144. The van der Waals surface area contributed by atoms with Crippen molar-refractivity contribution in [2.75, 3.05) is 17.7 Å². The van der Waals surface area contributed by atoms with Gasteiger partial charge >= 0.3 is 12.0 Å². The van der Waals surface area contributed by atoms with Crippen LogP contribution in [0.15, 0.2) is 53.9 Å². The van der Waals surface area contributed by atoms with Gasteiger partial charge in [-0.15, -0.1) is 11.3 Å². The number of hydrogen-bond acceptors (Lipinski definition) is 6. The Morgan fingerprint density at radius 1 is 1.03 bits per heavy atom. The number of anilines is 2. The summed E-state index contributed by atoms with van der Waals surface area (Å²) in [7, 11) is 1.28. The van der Waals surface area contributed by atoms with Gasteiger partial charge in [0, 0.05) is 16.6 Å². The first-order valence-electron chi connectivity index (χ1n) is 10.1. The summed E-state index contributed by atoms with van der Waals surface area (Å²) in [6.07, 6.45) is 0. The third-order valence-electron chi connectivity index (χ3n) is 4.66. The zero-order valence-corrected chi connectivity index (χ0v) is 19.8. The predicted octanol–water partition coefficient (Wildman–Crippen LogP) is 5.03. The number of urea groups is 1. The summed E-state index contributed by atoms with van der Waals surface area (Å²) in [6.45, 7) is 3.64. The minimum Gasteiger partial charge on any atom is -0.467 e. The van der Waals surface area contributed by atoms with E-state index in [0.717, 1.165) is 5.56 Å². The second-order valence-corrected chi connectivity index (χ2v) is 8.66. The lowest BCUT2D eigenvalue weighted by Crippen LogP contribution is -2.45. The van der Waals surface area contributed by atoms with E-state index in [1.807, 2.05) is 13.8 Å². The van der Waals surface area contributed by atoms with E-state index < -0.39 is 23.9 Å². The fourth-order valence-electron chi connectivity index (χ4n) is 2.89. The van der Waals surface area contributed by atoms with E-state index in [0.29, 0.717) is 21.4 Å². The molecule has 33 heavy (non-hydrogen) atoms. The molecule has 0 fully saturated rings. The van der Waals surface area contributed by atoms with Gasteiger partial charge in [0.1, 0.15) is 16.7 Å². The van der Waals surface area contributed by atoms with Crippen molar-refractivity contribution in [1.82, 2.24) is 10.3 Å². The molecule has 0 spiro atoms. The molecular formula is C23H23ClN4O4S. The third kappa shape index (κ3) is 6.30. The summed E-state index contributed by atoms with van der Waals surface area (Å²) in [4.78, 5) is 41.0. The monoisotopic (exact) mass is 486 g/mol. The highest BCUT2D eigenvalue weighted by atomic mass is 35.5. The number of aromatic nitrogens is 1. The molecule has 0 aliphatic heterocycles. The van der Waals surface area contributed by atoms with Crippen LogP contribution in [0, 0.1) is 5.92 Å². The highest BCUT2D eigenvalue weighted by Crippen LogP contribution is 2.26. The van der Waals surface area contributed by atoms with Gasteiger partial charge in [-0.3, -0.25) is 4.79 Å². The largest absolute Gasteiger partial charge is 0.467 e. The maximum atomic E-state index is 12.5. The van der Waals surface area contributed by atoms with Crippen molar-refractivity contribution in [3.63, 3.8) is 0 Å². The number of rotatable bonds is 7. The van der Waals surface area contributed by atoms with Crippen LogP contribution in [0.25, 0.3) is 10.6 Å². The number of ether oxygens (including phenoxy) is 1. The molecule has 1 atom stereocenters. The average molecular weight is 487 g/mol. The SMILES string of the molecule is COC(=O)C(NC(=O)c1csc(-c2ccc(NC(=O)Nc3ccccc3Cl)cc2)n1)C(C)C. The number of halogens is 1. The summed E-state index contributed by atoms with van der Waals surface area (Å²) in [5, 5.41) is 10.8. The average Bonchev–Trinajstić information content (AvgIpc) is 3.29. The lowest BCUT2D eigenvalue weighted by atomic mass is 10.0. The van der Waals surface area contributed by atoms with Crippen LogP contribution in [0.1, 0.15) is 24.3 Å². The van der Waals surface area contributed by atoms with Gasteiger partial charge in [0.25, 0.3) is 5.91 Å². The molecule has 1 heterocycles. The van der Waals surface area contributed by atoms with E-state index in [1.54, 1.807) is 53.9 Å². The highest BCUT2D eigenvalue weighted by molar-refractivity contribution is 7.13. The molecule has 0 aliphatic carbocycles. The van der Waals surface area contributed by atoms with Crippen LogP contribution in [0.4, 0.5) is 16.2 Å².